The van der Waals surface area contributed by atoms with Crippen molar-refractivity contribution in [3.05, 3.63) is 29.1 Å². The van der Waals surface area contributed by atoms with Gasteiger partial charge in [0.25, 0.3) is 0 Å². The maximum absolute atomic E-state index is 13.4. The fourth-order valence-corrected chi connectivity index (χ4v) is 2.54. The minimum Gasteiger partial charge on any atom is -0.390 e. The molecule has 0 saturated heterocycles. The number of aliphatic hydroxyl groups excluding tert-OH is 1. The zero-order valence-electron chi connectivity index (χ0n) is 10.2. The van der Waals surface area contributed by atoms with Gasteiger partial charge in [-0.2, -0.15) is 0 Å². The van der Waals surface area contributed by atoms with Crippen molar-refractivity contribution in [2.24, 2.45) is 0 Å². The summed E-state index contributed by atoms with van der Waals surface area (Å²) < 4.78 is 13.4. The van der Waals surface area contributed by atoms with E-state index >= 15 is 0 Å². The maximum atomic E-state index is 13.4. The smallest absolute Gasteiger partial charge is 0.126 e. The van der Waals surface area contributed by atoms with E-state index in [4.69, 9.17) is 6.42 Å². The summed E-state index contributed by atoms with van der Waals surface area (Å²) in [6.07, 6.45) is 4.83. The van der Waals surface area contributed by atoms with Gasteiger partial charge in [0.15, 0.2) is 0 Å². The van der Waals surface area contributed by atoms with Crippen LogP contribution in [0.2, 0.25) is 0 Å². The molecule has 90 valence electrons. The third-order valence-corrected chi connectivity index (χ3v) is 3.43. The highest BCUT2D eigenvalue weighted by Crippen LogP contribution is 2.40. The molecule has 1 aromatic carbocycles. The van der Waals surface area contributed by atoms with Crippen LogP contribution in [0.15, 0.2) is 12.1 Å². The highest BCUT2D eigenvalue weighted by Gasteiger charge is 2.39. The molecule has 1 aliphatic heterocycles. The molecule has 0 amide bonds. The van der Waals surface area contributed by atoms with E-state index in [0.717, 1.165) is 5.56 Å². The molecule has 1 aliphatic rings. The van der Waals surface area contributed by atoms with Crippen LogP contribution in [0.4, 0.5) is 10.1 Å². The number of hydrogen-bond donors (Lipinski definition) is 2. The van der Waals surface area contributed by atoms with Gasteiger partial charge in [0.05, 0.1) is 11.6 Å². The Balaban J connectivity index is 2.65. The molecule has 0 aromatic heterocycles. The van der Waals surface area contributed by atoms with Gasteiger partial charge in [0.2, 0.25) is 0 Å². The molecular formula is C14H16FNO. The molecule has 0 aliphatic carbocycles. The van der Waals surface area contributed by atoms with Crippen LogP contribution in [-0.2, 0) is 0 Å². The van der Waals surface area contributed by atoms with Crippen LogP contribution < -0.4 is 5.32 Å². The molecule has 0 spiro atoms. The Bertz CT molecular complexity index is 502. The van der Waals surface area contributed by atoms with Gasteiger partial charge in [-0.3, -0.25) is 0 Å². The first-order valence-corrected chi connectivity index (χ1v) is 5.63. The number of terminal acetylenes is 1. The van der Waals surface area contributed by atoms with Crippen LogP contribution in [0.3, 0.4) is 0 Å². The van der Waals surface area contributed by atoms with E-state index in [1.54, 1.807) is 0 Å². The second-order valence-corrected chi connectivity index (χ2v) is 5.14. The minimum absolute atomic E-state index is 0.118. The number of aliphatic hydroxyl groups is 1. The Kier molecular flexibility index (Phi) is 2.63. The predicted octanol–water partition coefficient (Wildman–Crippen LogP) is 2.48. The summed E-state index contributed by atoms with van der Waals surface area (Å²) in [7, 11) is 0. The van der Waals surface area contributed by atoms with Crippen molar-refractivity contribution in [2.75, 3.05) is 5.32 Å². The lowest BCUT2D eigenvalue weighted by Gasteiger charge is -2.42. The fraction of sp³-hybridized carbons (Fsp3) is 0.429. The fourth-order valence-electron chi connectivity index (χ4n) is 2.54. The number of benzene rings is 1. The van der Waals surface area contributed by atoms with Crippen LogP contribution in [0.1, 0.15) is 37.8 Å². The predicted molar refractivity (Wildman–Crippen MR) is 66.5 cm³/mol. The van der Waals surface area contributed by atoms with E-state index < -0.39 is 11.6 Å². The van der Waals surface area contributed by atoms with Crippen LogP contribution in [0.5, 0.6) is 0 Å². The summed E-state index contributed by atoms with van der Waals surface area (Å²) in [5.74, 6) is 2.01. The van der Waals surface area contributed by atoms with E-state index in [2.05, 4.69) is 11.2 Å². The van der Waals surface area contributed by atoms with E-state index in [1.165, 1.54) is 12.1 Å². The topological polar surface area (TPSA) is 32.3 Å². The third kappa shape index (κ3) is 1.79. The van der Waals surface area contributed by atoms with Gasteiger partial charge in [-0.05, 0) is 31.5 Å². The van der Waals surface area contributed by atoms with Crippen molar-refractivity contribution in [3.63, 3.8) is 0 Å². The van der Waals surface area contributed by atoms with Crippen molar-refractivity contribution in [1.29, 1.82) is 0 Å². The minimum atomic E-state index is -0.562. The van der Waals surface area contributed by atoms with Crippen molar-refractivity contribution >= 4 is 5.69 Å². The molecule has 0 radical (unpaired) electrons. The summed E-state index contributed by atoms with van der Waals surface area (Å²) in [4.78, 5) is 0. The van der Waals surface area contributed by atoms with Crippen LogP contribution in [0.25, 0.3) is 0 Å². The monoisotopic (exact) mass is 233 g/mol. The van der Waals surface area contributed by atoms with Gasteiger partial charge < -0.3 is 10.4 Å². The summed E-state index contributed by atoms with van der Waals surface area (Å²) >= 11 is 0. The van der Waals surface area contributed by atoms with Gasteiger partial charge in [0, 0.05) is 17.2 Å². The molecule has 2 rings (SSSR count). The Hall–Kier alpha value is -1.53. The van der Waals surface area contributed by atoms with Crippen LogP contribution in [0, 0.1) is 18.2 Å². The quantitative estimate of drug-likeness (QED) is 0.675. The molecule has 0 saturated carbocycles. The normalized spacial score (nSPS) is 25.6. The first kappa shape index (κ1) is 11.9. The summed E-state index contributed by atoms with van der Waals surface area (Å²) in [5.41, 5.74) is 1.52. The summed E-state index contributed by atoms with van der Waals surface area (Å²) in [6, 6.07) is 2.77. The zero-order chi connectivity index (χ0) is 12.8. The van der Waals surface area contributed by atoms with Gasteiger partial charge in [0.1, 0.15) is 5.82 Å². The van der Waals surface area contributed by atoms with Gasteiger partial charge in [-0.15, -0.1) is 6.42 Å². The average Bonchev–Trinajstić information content (AvgIpc) is 2.24. The molecule has 0 fully saturated rings. The molecule has 1 unspecified atom stereocenters. The summed E-state index contributed by atoms with van der Waals surface area (Å²) in [6.45, 7) is 5.68. The lowest BCUT2D eigenvalue weighted by atomic mass is 9.77. The largest absolute Gasteiger partial charge is 0.390 e. The number of nitrogens with one attached hydrogen (secondary N) is 1. The standard InChI is InChI=1S/C14H16FNO/c1-5-9-6-10(15)7-11-12(9)8(2)13(17)14(3,4)16-11/h1,6-8,13,16-17H,2-4H3/t8-,13?/m0/s1. The first-order chi connectivity index (χ1) is 7.86. The van der Waals surface area contributed by atoms with Crippen LogP contribution in [-0.4, -0.2) is 16.7 Å². The van der Waals surface area contributed by atoms with E-state index in [9.17, 15) is 9.50 Å². The van der Waals surface area contributed by atoms with E-state index in [0.29, 0.717) is 11.3 Å². The number of fused-ring (bicyclic) bond motifs is 1. The molecular weight excluding hydrogens is 217 g/mol. The third-order valence-electron chi connectivity index (χ3n) is 3.43. The Morgan fingerprint density at radius 2 is 2.12 bits per heavy atom. The molecule has 17 heavy (non-hydrogen) atoms. The Morgan fingerprint density at radius 3 is 2.71 bits per heavy atom. The first-order valence-electron chi connectivity index (χ1n) is 5.63. The van der Waals surface area contributed by atoms with Gasteiger partial charge >= 0.3 is 0 Å². The molecule has 1 aromatic rings. The lowest BCUT2D eigenvalue weighted by molar-refractivity contribution is 0.0867. The van der Waals surface area contributed by atoms with Crippen molar-refractivity contribution in [2.45, 2.75) is 38.3 Å². The van der Waals surface area contributed by atoms with Gasteiger partial charge in [-0.1, -0.05) is 12.8 Å². The Labute approximate surface area is 101 Å². The van der Waals surface area contributed by atoms with E-state index in [1.807, 2.05) is 20.8 Å². The van der Waals surface area contributed by atoms with Crippen molar-refractivity contribution in [3.8, 4) is 12.3 Å². The summed E-state index contributed by atoms with van der Waals surface area (Å²) in [5, 5.41) is 13.4. The molecule has 2 nitrogen and oxygen atoms in total. The SMILES string of the molecule is C#Cc1cc(F)cc2c1[C@H](C)C(O)C(C)(C)N2. The van der Waals surface area contributed by atoms with Crippen LogP contribution >= 0.6 is 0 Å². The highest BCUT2D eigenvalue weighted by atomic mass is 19.1. The number of rotatable bonds is 0. The van der Waals surface area contributed by atoms with Crippen molar-refractivity contribution in [1.82, 2.24) is 0 Å². The number of anilines is 1. The highest BCUT2D eigenvalue weighted by molar-refractivity contribution is 5.64. The molecule has 3 heteroatoms. The van der Waals surface area contributed by atoms with Gasteiger partial charge in [-0.25, -0.2) is 4.39 Å². The molecule has 2 atom stereocenters. The maximum Gasteiger partial charge on any atom is 0.126 e. The number of halogens is 1. The average molecular weight is 233 g/mol. The van der Waals surface area contributed by atoms with Crippen molar-refractivity contribution < 1.29 is 9.50 Å². The second-order valence-electron chi connectivity index (χ2n) is 5.14. The second kappa shape index (κ2) is 3.75. The molecule has 1 heterocycles. The molecule has 0 bridgehead atoms. The lowest BCUT2D eigenvalue weighted by Crippen LogP contribution is -2.50. The zero-order valence-corrected chi connectivity index (χ0v) is 10.2. The molecule has 2 N–H and O–H groups in total. The Morgan fingerprint density at radius 1 is 1.47 bits per heavy atom. The number of hydrogen-bond acceptors (Lipinski definition) is 2. The van der Waals surface area contributed by atoms with E-state index in [-0.39, 0.29) is 11.7 Å².